The maximum absolute atomic E-state index is 13.4. The smallest absolute Gasteiger partial charge is 0.123 e. The summed E-state index contributed by atoms with van der Waals surface area (Å²) in [4.78, 5) is 0. The number of aliphatic hydroxyl groups excluding tert-OH is 1. The van der Waals surface area contributed by atoms with E-state index in [1.54, 1.807) is 13.2 Å². The van der Waals surface area contributed by atoms with Crippen LogP contribution in [0.25, 0.3) is 0 Å². The number of methoxy groups -OCH3 is 1. The summed E-state index contributed by atoms with van der Waals surface area (Å²) in [5.74, 6) is 0.562. The Labute approximate surface area is 129 Å². The lowest BCUT2D eigenvalue weighted by molar-refractivity contribution is 0.169. The van der Waals surface area contributed by atoms with E-state index in [9.17, 15) is 9.50 Å². The van der Waals surface area contributed by atoms with E-state index >= 15 is 0 Å². The molecule has 0 aliphatic heterocycles. The number of fused-ring (bicyclic) bond motifs is 1. The molecule has 116 valence electrons. The molecule has 2 aromatic carbocycles. The molecule has 0 spiro atoms. The first kappa shape index (κ1) is 15.0. The van der Waals surface area contributed by atoms with Crippen LogP contribution in [0.1, 0.15) is 35.3 Å². The Hall–Kier alpha value is -1.91. The number of ether oxygens (including phenoxy) is 1. The van der Waals surface area contributed by atoms with Gasteiger partial charge in [0.05, 0.1) is 13.2 Å². The Kier molecular flexibility index (Phi) is 4.41. The Morgan fingerprint density at radius 2 is 2.05 bits per heavy atom. The molecule has 0 heterocycles. The second-order valence-corrected chi connectivity index (χ2v) is 5.63. The van der Waals surface area contributed by atoms with Crippen molar-refractivity contribution in [2.75, 3.05) is 13.7 Å². The van der Waals surface area contributed by atoms with E-state index in [0.29, 0.717) is 6.54 Å². The van der Waals surface area contributed by atoms with Crippen molar-refractivity contribution in [2.24, 2.45) is 0 Å². The molecule has 0 bridgehead atoms. The van der Waals surface area contributed by atoms with Gasteiger partial charge in [0.1, 0.15) is 11.6 Å². The molecule has 2 atom stereocenters. The molecule has 4 heteroatoms. The minimum absolute atomic E-state index is 0.110. The molecule has 3 rings (SSSR count). The minimum atomic E-state index is -0.594. The fourth-order valence-electron chi connectivity index (χ4n) is 2.98. The summed E-state index contributed by atoms with van der Waals surface area (Å²) in [7, 11) is 1.61. The number of benzene rings is 2. The maximum Gasteiger partial charge on any atom is 0.123 e. The van der Waals surface area contributed by atoms with Crippen molar-refractivity contribution in [1.82, 2.24) is 5.32 Å². The van der Waals surface area contributed by atoms with Gasteiger partial charge in [-0.1, -0.05) is 18.2 Å². The van der Waals surface area contributed by atoms with Gasteiger partial charge in [-0.2, -0.15) is 0 Å². The van der Waals surface area contributed by atoms with E-state index in [0.717, 1.165) is 29.7 Å². The molecular formula is C18H20FNO2. The number of hydrogen-bond acceptors (Lipinski definition) is 3. The molecule has 2 N–H and O–H groups in total. The van der Waals surface area contributed by atoms with Crippen LogP contribution in [0.4, 0.5) is 4.39 Å². The van der Waals surface area contributed by atoms with Gasteiger partial charge in [-0.25, -0.2) is 4.39 Å². The zero-order valence-corrected chi connectivity index (χ0v) is 12.6. The van der Waals surface area contributed by atoms with Crippen molar-refractivity contribution in [3.05, 3.63) is 65.0 Å². The van der Waals surface area contributed by atoms with E-state index in [2.05, 4.69) is 5.32 Å². The van der Waals surface area contributed by atoms with Crippen LogP contribution in [0.3, 0.4) is 0 Å². The summed E-state index contributed by atoms with van der Waals surface area (Å²) < 4.78 is 18.5. The molecule has 0 radical (unpaired) electrons. The van der Waals surface area contributed by atoms with Gasteiger partial charge in [0.2, 0.25) is 0 Å². The average Bonchev–Trinajstić information content (AvgIpc) is 2.95. The predicted octanol–water partition coefficient (Wildman–Crippen LogP) is 3.14. The third-order valence-electron chi connectivity index (χ3n) is 4.24. The summed E-state index contributed by atoms with van der Waals surface area (Å²) in [6, 6.07) is 12.4. The molecular weight excluding hydrogens is 281 g/mol. The van der Waals surface area contributed by atoms with Crippen molar-refractivity contribution in [3.8, 4) is 5.75 Å². The third-order valence-corrected chi connectivity index (χ3v) is 4.24. The van der Waals surface area contributed by atoms with Gasteiger partial charge in [-0.05, 0) is 53.8 Å². The summed E-state index contributed by atoms with van der Waals surface area (Å²) in [5, 5.41) is 13.6. The van der Waals surface area contributed by atoms with Gasteiger partial charge < -0.3 is 15.2 Å². The monoisotopic (exact) mass is 301 g/mol. The SMILES string of the molecule is COc1ccc([C@H](O)CN[C@H]2CCc3ccc(F)cc32)cc1. The maximum atomic E-state index is 13.4. The summed E-state index contributed by atoms with van der Waals surface area (Å²) >= 11 is 0. The number of hydrogen-bond donors (Lipinski definition) is 2. The third kappa shape index (κ3) is 3.13. The lowest BCUT2D eigenvalue weighted by Gasteiger charge is -2.18. The van der Waals surface area contributed by atoms with Crippen LogP contribution >= 0.6 is 0 Å². The molecule has 0 fully saturated rings. The Bertz CT molecular complexity index is 642. The van der Waals surface area contributed by atoms with Gasteiger partial charge >= 0.3 is 0 Å². The van der Waals surface area contributed by atoms with Crippen LogP contribution in [-0.4, -0.2) is 18.8 Å². The van der Waals surface area contributed by atoms with E-state index in [4.69, 9.17) is 4.74 Å². The van der Waals surface area contributed by atoms with Crippen LogP contribution in [-0.2, 0) is 6.42 Å². The highest BCUT2D eigenvalue weighted by Gasteiger charge is 2.23. The molecule has 0 saturated carbocycles. The van der Waals surface area contributed by atoms with Gasteiger partial charge in [-0.3, -0.25) is 0 Å². The fourth-order valence-corrected chi connectivity index (χ4v) is 2.98. The van der Waals surface area contributed by atoms with Gasteiger partial charge in [0.15, 0.2) is 0 Å². The molecule has 1 aliphatic carbocycles. The molecule has 0 aromatic heterocycles. The topological polar surface area (TPSA) is 41.5 Å². The minimum Gasteiger partial charge on any atom is -0.497 e. The van der Waals surface area contributed by atoms with E-state index in [1.807, 2.05) is 30.3 Å². The second kappa shape index (κ2) is 6.46. The summed E-state index contributed by atoms with van der Waals surface area (Å²) in [5.41, 5.74) is 3.05. The zero-order valence-electron chi connectivity index (χ0n) is 12.6. The Morgan fingerprint density at radius 3 is 2.77 bits per heavy atom. The summed E-state index contributed by atoms with van der Waals surface area (Å²) in [6.45, 7) is 0.437. The highest BCUT2D eigenvalue weighted by Crippen LogP contribution is 2.32. The zero-order chi connectivity index (χ0) is 15.5. The quantitative estimate of drug-likeness (QED) is 0.891. The standard InChI is InChI=1S/C18H20FNO2/c1-22-15-7-3-13(4-8-15)18(21)11-20-17-9-5-12-2-6-14(19)10-16(12)17/h2-4,6-8,10,17-18,20-21H,5,9,11H2,1H3/t17-,18+/m0/s1. The molecule has 2 aromatic rings. The predicted molar refractivity (Wildman–Crippen MR) is 83.4 cm³/mol. The summed E-state index contributed by atoms with van der Waals surface area (Å²) in [6.07, 6.45) is 1.29. The number of rotatable bonds is 5. The largest absolute Gasteiger partial charge is 0.497 e. The van der Waals surface area contributed by atoms with Crippen LogP contribution in [0.2, 0.25) is 0 Å². The highest BCUT2D eigenvalue weighted by atomic mass is 19.1. The van der Waals surface area contributed by atoms with Gasteiger partial charge in [-0.15, -0.1) is 0 Å². The van der Waals surface area contributed by atoms with Crippen LogP contribution in [0, 0.1) is 5.82 Å². The van der Waals surface area contributed by atoms with Crippen molar-refractivity contribution in [1.29, 1.82) is 0 Å². The fraction of sp³-hybridized carbons (Fsp3) is 0.333. The van der Waals surface area contributed by atoms with E-state index in [1.165, 1.54) is 11.6 Å². The number of aliphatic hydroxyl groups is 1. The molecule has 22 heavy (non-hydrogen) atoms. The molecule has 1 aliphatic rings. The first-order chi connectivity index (χ1) is 10.7. The van der Waals surface area contributed by atoms with Gasteiger partial charge in [0.25, 0.3) is 0 Å². The van der Waals surface area contributed by atoms with Crippen LogP contribution in [0.5, 0.6) is 5.75 Å². The van der Waals surface area contributed by atoms with Crippen LogP contribution in [0.15, 0.2) is 42.5 Å². The number of aryl methyl sites for hydroxylation is 1. The van der Waals surface area contributed by atoms with Crippen molar-refractivity contribution in [2.45, 2.75) is 25.0 Å². The normalized spacial score (nSPS) is 18.0. The number of halogens is 1. The highest BCUT2D eigenvalue weighted by molar-refractivity contribution is 5.35. The Balaban J connectivity index is 1.62. The van der Waals surface area contributed by atoms with Crippen molar-refractivity contribution < 1.29 is 14.2 Å². The van der Waals surface area contributed by atoms with Crippen LogP contribution < -0.4 is 10.1 Å². The molecule has 0 amide bonds. The average molecular weight is 301 g/mol. The molecule has 3 nitrogen and oxygen atoms in total. The first-order valence-corrected chi connectivity index (χ1v) is 7.51. The lowest BCUT2D eigenvalue weighted by atomic mass is 10.1. The van der Waals surface area contributed by atoms with E-state index < -0.39 is 6.10 Å². The van der Waals surface area contributed by atoms with Gasteiger partial charge in [0, 0.05) is 12.6 Å². The lowest BCUT2D eigenvalue weighted by Crippen LogP contribution is -2.25. The second-order valence-electron chi connectivity index (χ2n) is 5.63. The molecule has 0 unspecified atom stereocenters. The molecule has 0 saturated heterocycles. The number of nitrogens with one attached hydrogen (secondary N) is 1. The van der Waals surface area contributed by atoms with Crippen molar-refractivity contribution in [3.63, 3.8) is 0 Å². The Morgan fingerprint density at radius 1 is 1.27 bits per heavy atom. The first-order valence-electron chi connectivity index (χ1n) is 7.51. The van der Waals surface area contributed by atoms with Crippen molar-refractivity contribution >= 4 is 0 Å². The van der Waals surface area contributed by atoms with E-state index in [-0.39, 0.29) is 11.9 Å².